The van der Waals surface area contributed by atoms with E-state index in [-0.39, 0.29) is 12.6 Å². The molecule has 0 aliphatic heterocycles. The van der Waals surface area contributed by atoms with Crippen LogP contribution in [0.3, 0.4) is 0 Å². The second-order valence-corrected chi connectivity index (χ2v) is 6.17. The van der Waals surface area contributed by atoms with Gasteiger partial charge in [-0.3, -0.25) is 9.78 Å². The Hall–Kier alpha value is -2.89. The minimum atomic E-state index is -0.931. The minimum Gasteiger partial charge on any atom is -0.481 e. The van der Waals surface area contributed by atoms with Gasteiger partial charge in [0.1, 0.15) is 0 Å². The summed E-state index contributed by atoms with van der Waals surface area (Å²) in [6.45, 7) is 3.69. The van der Waals surface area contributed by atoms with Crippen LogP contribution in [0.4, 0.5) is 4.79 Å². The maximum absolute atomic E-state index is 12.5. The van der Waals surface area contributed by atoms with Crippen molar-refractivity contribution in [2.24, 2.45) is 5.92 Å². The summed E-state index contributed by atoms with van der Waals surface area (Å²) in [5.74, 6) is -1.57. The molecule has 0 radical (unpaired) electrons. The van der Waals surface area contributed by atoms with Crippen LogP contribution in [0.5, 0.6) is 0 Å². The first-order chi connectivity index (χ1) is 11.9. The number of aryl methyl sites for hydroxylation is 1. The highest BCUT2D eigenvalue weighted by molar-refractivity contribution is 5.76. The molecule has 6 heteroatoms. The second kappa shape index (κ2) is 8.28. The molecule has 0 saturated carbocycles. The van der Waals surface area contributed by atoms with E-state index in [2.05, 4.69) is 10.3 Å². The maximum atomic E-state index is 12.5. The third-order valence-electron chi connectivity index (χ3n) is 3.94. The topological polar surface area (TPSA) is 82.5 Å². The van der Waals surface area contributed by atoms with Crippen molar-refractivity contribution < 1.29 is 14.7 Å². The first-order valence-corrected chi connectivity index (χ1v) is 8.10. The van der Waals surface area contributed by atoms with E-state index in [1.807, 2.05) is 49.4 Å². The number of pyridine rings is 1. The molecule has 0 aliphatic carbocycles. The highest BCUT2D eigenvalue weighted by atomic mass is 16.4. The summed E-state index contributed by atoms with van der Waals surface area (Å²) in [5.41, 5.74) is 2.73. The van der Waals surface area contributed by atoms with Crippen LogP contribution in [0.2, 0.25) is 0 Å². The van der Waals surface area contributed by atoms with Crippen LogP contribution in [-0.4, -0.2) is 40.6 Å². The Labute approximate surface area is 147 Å². The highest BCUT2D eigenvalue weighted by Crippen LogP contribution is 2.21. The zero-order valence-corrected chi connectivity index (χ0v) is 14.6. The summed E-state index contributed by atoms with van der Waals surface area (Å²) in [4.78, 5) is 29.3. The van der Waals surface area contributed by atoms with Crippen LogP contribution in [0.1, 0.15) is 29.8 Å². The van der Waals surface area contributed by atoms with E-state index in [4.69, 9.17) is 5.11 Å². The molecule has 0 bridgehead atoms. The lowest BCUT2D eigenvalue weighted by atomic mass is 10.0. The number of carboxylic acid groups (broad SMARTS) is 1. The molecule has 1 aromatic heterocycles. The lowest BCUT2D eigenvalue weighted by Crippen LogP contribution is -2.42. The molecule has 1 aromatic carbocycles. The van der Waals surface area contributed by atoms with E-state index in [1.165, 1.54) is 4.90 Å². The summed E-state index contributed by atoms with van der Waals surface area (Å²) in [6.07, 6.45) is 1.68. The highest BCUT2D eigenvalue weighted by Gasteiger charge is 2.22. The molecule has 0 spiro atoms. The van der Waals surface area contributed by atoms with Gasteiger partial charge in [-0.2, -0.15) is 0 Å². The van der Waals surface area contributed by atoms with Gasteiger partial charge in [-0.1, -0.05) is 42.8 Å². The molecular formula is C19H23N3O3. The minimum absolute atomic E-state index is 0.129. The third kappa shape index (κ3) is 5.04. The van der Waals surface area contributed by atoms with Gasteiger partial charge in [0.05, 0.1) is 17.7 Å². The van der Waals surface area contributed by atoms with Crippen LogP contribution in [0.15, 0.2) is 48.7 Å². The molecular weight excluding hydrogens is 318 g/mol. The molecule has 1 heterocycles. The largest absolute Gasteiger partial charge is 0.481 e. The number of amides is 2. The van der Waals surface area contributed by atoms with Crippen LogP contribution in [0.25, 0.3) is 0 Å². The zero-order chi connectivity index (χ0) is 18.4. The Kier molecular flexibility index (Phi) is 6.11. The Morgan fingerprint density at radius 1 is 1.24 bits per heavy atom. The molecule has 2 N–H and O–H groups in total. The quantitative estimate of drug-likeness (QED) is 0.846. The SMILES string of the molecule is Cc1cccc(C(NC(=O)N(C)CC(C)C(=O)O)c2ccccn2)c1. The molecule has 25 heavy (non-hydrogen) atoms. The van der Waals surface area contributed by atoms with Crippen LogP contribution in [-0.2, 0) is 4.79 Å². The van der Waals surface area contributed by atoms with E-state index in [1.54, 1.807) is 20.2 Å². The lowest BCUT2D eigenvalue weighted by Gasteiger charge is -2.25. The molecule has 132 valence electrons. The van der Waals surface area contributed by atoms with E-state index in [0.717, 1.165) is 16.8 Å². The van der Waals surface area contributed by atoms with Gasteiger partial charge >= 0.3 is 12.0 Å². The summed E-state index contributed by atoms with van der Waals surface area (Å²) in [5, 5.41) is 12.0. The van der Waals surface area contributed by atoms with Crippen molar-refractivity contribution in [3.63, 3.8) is 0 Å². The van der Waals surface area contributed by atoms with Gasteiger partial charge in [0.15, 0.2) is 0 Å². The van der Waals surface area contributed by atoms with Gasteiger partial charge in [-0.05, 0) is 24.6 Å². The van der Waals surface area contributed by atoms with Crippen molar-refractivity contribution in [1.29, 1.82) is 0 Å². The van der Waals surface area contributed by atoms with Crippen molar-refractivity contribution in [2.75, 3.05) is 13.6 Å². The number of nitrogens with one attached hydrogen (secondary N) is 1. The molecule has 2 atom stereocenters. The fourth-order valence-corrected chi connectivity index (χ4v) is 2.53. The van der Waals surface area contributed by atoms with Crippen LogP contribution >= 0.6 is 0 Å². The fraction of sp³-hybridized carbons (Fsp3) is 0.316. The fourth-order valence-electron chi connectivity index (χ4n) is 2.53. The Balaban J connectivity index is 2.22. The van der Waals surface area contributed by atoms with Crippen molar-refractivity contribution in [3.05, 3.63) is 65.5 Å². The van der Waals surface area contributed by atoms with Gasteiger partial charge < -0.3 is 15.3 Å². The Morgan fingerprint density at radius 2 is 2.00 bits per heavy atom. The van der Waals surface area contributed by atoms with Crippen LogP contribution in [0, 0.1) is 12.8 Å². The number of carbonyl (C=O) groups excluding carboxylic acids is 1. The van der Waals surface area contributed by atoms with E-state index in [9.17, 15) is 9.59 Å². The average Bonchev–Trinajstić information content (AvgIpc) is 2.59. The van der Waals surface area contributed by atoms with Gasteiger partial charge in [0.25, 0.3) is 0 Å². The number of nitrogens with zero attached hydrogens (tertiary/aromatic N) is 2. The van der Waals surface area contributed by atoms with Gasteiger partial charge in [0.2, 0.25) is 0 Å². The number of carbonyl (C=O) groups is 2. The Morgan fingerprint density at radius 3 is 2.60 bits per heavy atom. The molecule has 2 aromatic rings. The van der Waals surface area contributed by atoms with Gasteiger partial charge in [-0.15, -0.1) is 0 Å². The van der Waals surface area contributed by atoms with Gasteiger partial charge in [-0.25, -0.2) is 4.79 Å². The van der Waals surface area contributed by atoms with Crippen LogP contribution < -0.4 is 5.32 Å². The Bertz CT molecular complexity index is 734. The van der Waals surface area contributed by atoms with E-state index >= 15 is 0 Å². The second-order valence-electron chi connectivity index (χ2n) is 6.17. The number of aliphatic carboxylic acids is 1. The first kappa shape index (κ1) is 18.4. The summed E-state index contributed by atoms with van der Waals surface area (Å²) in [7, 11) is 1.58. The number of aromatic nitrogens is 1. The molecule has 6 nitrogen and oxygen atoms in total. The zero-order valence-electron chi connectivity index (χ0n) is 14.6. The molecule has 0 fully saturated rings. The monoisotopic (exact) mass is 341 g/mol. The number of hydrogen-bond donors (Lipinski definition) is 2. The number of carboxylic acids is 1. The average molecular weight is 341 g/mol. The standard InChI is InChI=1S/C19H23N3O3/c1-13-7-6-8-15(11-13)17(16-9-4-5-10-20-16)21-19(25)22(3)12-14(2)18(23)24/h4-11,14,17H,12H2,1-3H3,(H,21,25)(H,23,24). The summed E-state index contributed by atoms with van der Waals surface area (Å²) >= 11 is 0. The van der Waals surface area contributed by atoms with Gasteiger partial charge in [0, 0.05) is 19.8 Å². The number of rotatable bonds is 6. The predicted octanol–water partition coefficient (Wildman–Crippen LogP) is 2.84. The number of urea groups is 1. The first-order valence-electron chi connectivity index (χ1n) is 8.10. The summed E-state index contributed by atoms with van der Waals surface area (Å²) in [6, 6.07) is 12.7. The van der Waals surface area contributed by atoms with E-state index in [0.29, 0.717) is 0 Å². The van der Waals surface area contributed by atoms with E-state index < -0.39 is 17.9 Å². The normalized spacial score (nSPS) is 12.9. The smallest absolute Gasteiger partial charge is 0.317 e. The van der Waals surface area contributed by atoms with Crippen molar-refractivity contribution in [2.45, 2.75) is 19.9 Å². The molecule has 0 aliphatic rings. The molecule has 2 rings (SSSR count). The van der Waals surface area contributed by atoms with Crippen molar-refractivity contribution in [3.8, 4) is 0 Å². The molecule has 0 saturated heterocycles. The van der Waals surface area contributed by atoms with Crippen molar-refractivity contribution >= 4 is 12.0 Å². The molecule has 2 unspecified atom stereocenters. The lowest BCUT2D eigenvalue weighted by molar-refractivity contribution is -0.141. The predicted molar refractivity (Wildman–Crippen MR) is 95.2 cm³/mol. The number of hydrogen-bond acceptors (Lipinski definition) is 3. The van der Waals surface area contributed by atoms with Crippen molar-refractivity contribution in [1.82, 2.24) is 15.2 Å². The third-order valence-corrected chi connectivity index (χ3v) is 3.94. The molecule has 2 amide bonds. The maximum Gasteiger partial charge on any atom is 0.317 e. The number of benzene rings is 1. The summed E-state index contributed by atoms with van der Waals surface area (Å²) < 4.78 is 0.